The fourth-order valence-electron chi connectivity index (χ4n) is 2.72. The summed E-state index contributed by atoms with van der Waals surface area (Å²) < 4.78 is 5.45. The van der Waals surface area contributed by atoms with Gasteiger partial charge < -0.3 is 10.5 Å². The molecule has 2 N–H and O–H groups in total. The summed E-state index contributed by atoms with van der Waals surface area (Å²) in [5, 5.41) is 0. The van der Waals surface area contributed by atoms with Gasteiger partial charge in [0.1, 0.15) is 5.75 Å². The molecule has 1 aliphatic rings. The number of nitrogens with two attached hydrogens (primary N) is 1. The summed E-state index contributed by atoms with van der Waals surface area (Å²) >= 11 is 0. The van der Waals surface area contributed by atoms with Crippen LogP contribution in [0.2, 0.25) is 0 Å². The van der Waals surface area contributed by atoms with E-state index in [0.717, 1.165) is 5.75 Å². The Kier molecular flexibility index (Phi) is 6.51. The zero-order valence-corrected chi connectivity index (χ0v) is 11.9. The molecule has 1 saturated carbocycles. The molecule has 18 heavy (non-hydrogen) atoms. The van der Waals surface area contributed by atoms with Crippen LogP contribution in [-0.2, 0) is 0 Å². The molecule has 1 aromatic rings. The number of hydrogen-bond acceptors (Lipinski definition) is 2. The third kappa shape index (κ3) is 3.89. The predicted molar refractivity (Wildman–Crippen MR) is 78.4 cm³/mol. The maximum Gasteiger partial charge on any atom is 0.119 e. The first-order chi connectivity index (χ1) is 8.31. The summed E-state index contributed by atoms with van der Waals surface area (Å²) in [5.41, 5.74) is 7.60. The number of hydrogen-bond donors (Lipinski definition) is 1. The molecule has 0 radical (unpaired) electrons. The molecule has 1 atom stereocenters. The van der Waals surface area contributed by atoms with E-state index >= 15 is 0 Å². The average Bonchev–Trinajstić information content (AvgIpc) is 2.40. The van der Waals surface area contributed by atoms with Gasteiger partial charge in [-0.2, -0.15) is 0 Å². The summed E-state index contributed by atoms with van der Waals surface area (Å²) in [6.07, 6.45) is 6.64. The Balaban J connectivity index is 0.00000162. The maximum absolute atomic E-state index is 6.35. The highest BCUT2D eigenvalue weighted by molar-refractivity contribution is 5.85. The minimum Gasteiger partial charge on any atom is -0.494 e. The second-order valence-corrected chi connectivity index (χ2v) is 4.93. The van der Waals surface area contributed by atoms with Crippen molar-refractivity contribution >= 4 is 12.4 Å². The van der Waals surface area contributed by atoms with E-state index in [-0.39, 0.29) is 18.4 Å². The van der Waals surface area contributed by atoms with E-state index in [1.54, 1.807) is 0 Å². The van der Waals surface area contributed by atoms with Crippen LogP contribution in [0.15, 0.2) is 24.3 Å². The lowest BCUT2D eigenvalue weighted by Gasteiger charge is -2.27. The molecule has 2 rings (SSSR count). The second-order valence-electron chi connectivity index (χ2n) is 4.93. The topological polar surface area (TPSA) is 35.2 Å². The first-order valence-electron chi connectivity index (χ1n) is 6.79. The van der Waals surface area contributed by atoms with Crippen molar-refractivity contribution in [2.45, 2.75) is 45.1 Å². The van der Waals surface area contributed by atoms with Gasteiger partial charge >= 0.3 is 0 Å². The van der Waals surface area contributed by atoms with E-state index in [2.05, 4.69) is 12.1 Å². The molecular formula is C15H24ClNO. The van der Waals surface area contributed by atoms with Gasteiger partial charge in [-0.15, -0.1) is 12.4 Å². The van der Waals surface area contributed by atoms with E-state index in [9.17, 15) is 0 Å². The van der Waals surface area contributed by atoms with E-state index in [1.165, 1.54) is 37.7 Å². The van der Waals surface area contributed by atoms with Gasteiger partial charge in [-0.25, -0.2) is 0 Å². The molecule has 3 heteroatoms. The van der Waals surface area contributed by atoms with Crippen molar-refractivity contribution in [2.24, 2.45) is 11.7 Å². The Hall–Kier alpha value is -0.730. The van der Waals surface area contributed by atoms with E-state index in [1.807, 2.05) is 19.1 Å². The minimum absolute atomic E-state index is 0. The van der Waals surface area contributed by atoms with Gasteiger partial charge in [-0.05, 0) is 43.4 Å². The molecule has 0 unspecified atom stereocenters. The van der Waals surface area contributed by atoms with Crippen LogP contribution in [-0.4, -0.2) is 6.61 Å². The van der Waals surface area contributed by atoms with Crippen LogP contribution in [0, 0.1) is 5.92 Å². The van der Waals surface area contributed by atoms with Gasteiger partial charge in [0.2, 0.25) is 0 Å². The fraction of sp³-hybridized carbons (Fsp3) is 0.600. The smallest absolute Gasteiger partial charge is 0.119 e. The fourth-order valence-corrected chi connectivity index (χ4v) is 2.72. The van der Waals surface area contributed by atoms with Gasteiger partial charge in [0.05, 0.1) is 6.61 Å². The van der Waals surface area contributed by atoms with Crippen molar-refractivity contribution in [3.63, 3.8) is 0 Å². The molecule has 0 amide bonds. The highest BCUT2D eigenvalue weighted by Gasteiger charge is 2.21. The molecule has 1 fully saturated rings. The molecule has 102 valence electrons. The highest BCUT2D eigenvalue weighted by atomic mass is 35.5. The Bertz CT molecular complexity index is 333. The summed E-state index contributed by atoms with van der Waals surface area (Å²) in [5.74, 6) is 1.61. The highest BCUT2D eigenvalue weighted by Crippen LogP contribution is 2.33. The normalized spacial score (nSPS) is 17.9. The molecule has 0 heterocycles. The van der Waals surface area contributed by atoms with Crippen LogP contribution in [0.25, 0.3) is 0 Å². The number of rotatable bonds is 4. The van der Waals surface area contributed by atoms with Crippen molar-refractivity contribution in [1.29, 1.82) is 0 Å². The number of halogens is 1. The SMILES string of the molecule is CCOc1ccc([C@@H](N)C2CCCCC2)cc1.Cl. The Labute approximate surface area is 116 Å². The predicted octanol–water partition coefficient (Wildman–Crippen LogP) is 4.09. The van der Waals surface area contributed by atoms with E-state index in [4.69, 9.17) is 10.5 Å². The summed E-state index contributed by atoms with van der Waals surface area (Å²) in [4.78, 5) is 0. The number of ether oxygens (including phenoxy) is 1. The van der Waals surface area contributed by atoms with Crippen molar-refractivity contribution < 1.29 is 4.74 Å². The Morgan fingerprint density at radius 3 is 2.33 bits per heavy atom. The van der Waals surface area contributed by atoms with Crippen LogP contribution in [0.5, 0.6) is 5.75 Å². The van der Waals surface area contributed by atoms with Crippen LogP contribution in [0.4, 0.5) is 0 Å². The molecule has 1 aromatic carbocycles. The van der Waals surface area contributed by atoms with Gasteiger partial charge in [-0.3, -0.25) is 0 Å². The Morgan fingerprint density at radius 2 is 1.78 bits per heavy atom. The van der Waals surface area contributed by atoms with Crippen LogP contribution in [0.3, 0.4) is 0 Å². The zero-order chi connectivity index (χ0) is 12.1. The Morgan fingerprint density at radius 1 is 1.17 bits per heavy atom. The molecule has 0 spiro atoms. The van der Waals surface area contributed by atoms with Gasteiger partial charge in [0.15, 0.2) is 0 Å². The molecule has 2 nitrogen and oxygen atoms in total. The molecule has 0 aliphatic heterocycles. The van der Waals surface area contributed by atoms with Gasteiger partial charge in [-0.1, -0.05) is 31.4 Å². The largest absolute Gasteiger partial charge is 0.494 e. The monoisotopic (exact) mass is 269 g/mol. The molecular weight excluding hydrogens is 246 g/mol. The van der Waals surface area contributed by atoms with Crippen molar-refractivity contribution in [3.8, 4) is 5.75 Å². The molecule has 0 bridgehead atoms. The first-order valence-corrected chi connectivity index (χ1v) is 6.79. The van der Waals surface area contributed by atoms with Gasteiger partial charge in [0.25, 0.3) is 0 Å². The van der Waals surface area contributed by atoms with Crippen LogP contribution >= 0.6 is 12.4 Å². The van der Waals surface area contributed by atoms with Crippen molar-refractivity contribution in [2.75, 3.05) is 6.61 Å². The third-order valence-electron chi connectivity index (χ3n) is 3.73. The van der Waals surface area contributed by atoms with Gasteiger partial charge in [0, 0.05) is 6.04 Å². The first kappa shape index (κ1) is 15.3. The second kappa shape index (κ2) is 7.65. The lowest BCUT2D eigenvalue weighted by atomic mass is 9.81. The lowest BCUT2D eigenvalue weighted by Crippen LogP contribution is -2.23. The maximum atomic E-state index is 6.35. The van der Waals surface area contributed by atoms with E-state index < -0.39 is 0 Å². The number of benzene rings is 1. The van der Waals surface area contributed by atoms with E-state index in [0.29, 0.717) is 12.5 Å². The zero-order valence-electron chi connectivity index (χ0n) is 11.1. The summed E-state index contributed by atoms with van der Waals surface area (Å²) in [6.45, 7) is 2.72. The standard InChI is InChI=1S/C15H23NO.ClH/c1-2-17-14-10-8-13(9-11-14)15(16)12-6-4-3-5-7-12;/h8-12,15H,2-7,16H2,1H3;1H/t15-;/m0./s1. The molecule has 0 saturated heterocycles. The lowest BCUT2D eigenvalue weighted by molar-refractivity contribution is 0.307. The van der Waals surface area contributed by atoms with Crippen molar-refractivity contribution in [1.82, 2.24) is 0 Å². The summed E-state index contributed by atoms with van der Waals surface area (Å²) in [6, 6.07) is 8.49. The molecule has 0 aromatic heterocycles. The summed E-state index contributed by atoms with van der Waals surface area (Å²) in [7, 11) is 0. The van der Waals surface area contributed by atoms with Crippen LogP contribution in [0.1, 0.15) is 50.6 Å². The third-order valence-corrected chi connectivity index (χ3v) is 3.73. The van der Waals surface area contributed by atoms with Crippen LogP contribution < -0.4 is 10.5 Å². The molecule has 1 aliphatic carbocycles. The minimum atomic E-state index is 0. The average molecular weight is 270 g/mol. The quantitative estimate of drug-likeness (QED) is 0.894. The van der Waals surface area contributed by atoms with Crippen molar-refractivity contribution in [3.05, 3.63) is 29.8 Å².